The molecule has 152 valence electrons. The maximum Gasteiger partial charge on any atom is 0.209 e. The van der Waals surface area contributed by atoms with E-state index in [-0.39, 0.29) is 12.4 Å². The second-order valence-corrected chi connectivity index (χ2v) is 7.79. The zero-order valence-electron chi connectivity index (χ0n) is 15.8. The molecule has 0 saturated heterocycles. The van der Waals surface area contributed by atoms with E-state index in [0.717, 1.165) is 41.1 Å². The Morgan fingerprint density at radius 2 is 2.11 bits per heavy atom. The normalized spacial score (nSPS) is 10.5. The molecular weight excluding hydrogens is 418 g/mol. The smallest absolute Gasteiger partial charge is 0.209 e. The lowest BCUT2D eigenvalue weighted by atomic mass is 10.2. The molecule has 0 aliphatic carbocycles. The zero-order chi connectivity index (χ0) is 18.9. The van der Waals surface area contributed by atoms with Crippen molar-refractivity contribution in [2.75, 3.05) is 18.9 Å². The van der Waals surface area contributed by atoms with Gasteiger partial charge in [0.15, 0.2) is 11.5 Å². The summed E-state index contributed by atoms with van der Waals surface area (Å²) in [7, 11) is 1.84. The summed E-state index contributed by atoms with van der Waals surface area (Å²) in [5, 5.41) is 17.7. The van der Waals surface area contributed by atoms with Crippen LogP contribution in [0.1, 0.15) is 17.4 Å². The van der Waals surface area contributed by atoms with Crippen LogP contribution in [0.3, 0.4) is 0 Å². The predicted octanol–water partition coefficient (Wildman–Crippen LogP) is 3.55. The van der Waals surface area contributed by atoms with Crippen molar-refractivity contribution in [1.82, 2.24) is 25.5 Å². The topological polar surface area (TPSA) is 74.1 Å². The summed E-state index contributed by atoms with van der Waals surface area (Å²) in [6.07, 6.45) is 0. The molecule has 0 unspecified atom stereocenters. The quantitative estimate of drug-likeness (QED) is 0.360. The molecule has 28 heavy (non-hydrogen) atoms. The Hall–Kier alpha value is -1.81. The highest BCUT2D eigenvalue weighted by Gasteiger charge is 2.08. The van der Waals surface area contributed by atoms with E-state index in [9.17, 15) is 0 Å². The van der Waals surface area contributed by atoms with Crippen molar-refractivity contribution < 1.29 is 9.47 Å². The Morgan fingerprint density at radius 3 is 2.82 bits per heavy atom. The van der Waals surface area contributed by atoms with E-state index < -0.39 is 0 Å². The predicted molar refractivity (Wildman–Crippen MR) is 115 cm³/mol. The second-order valence-electron chi connectivity index (χ2n) is 5.69. The van der Waals surface area contributed by atoms with Crippen LogP contribution in [0.4, 0.5) is 0 Å². The van der Waals surface area contributed by atoms with Crippen molar-refractivity contribution >= 4 is 35.5 Å². The van der Waals surface area contributed by atoms with E-state index in [1.165, 1.54) is 4.88 Å². The highest BCUT2D eigenvalue weighted by atomic mass is 35.5. The summed E-state index contributed by atoms with van der Waals surface area (Å²) in [6, 6.07) is 10.2. The average Bonchev–Trinajstić information content (AvgIpc) is 3.33. The number of tetrazole rings is 1. The Morgan fingerprint density at radius 1 is 1.21 bits per heavy atom. The molecule has 0 amide bonds. The van der Waals surface area contributed by atoms with Gasteiger partial charge in [0.2, 0.25) is 5.16 Å². The molecule has 0 aliphatic heterocycles. The molecule has 0 radical (unpaired) electrons. The molecule has 0 aliphatic rings. The summed E-state index contributed by atoms with van der Waals surface area (Å²) in [6.45, 7) is 4.77. The van der Waals surface area contributed by atoms with E-state index in [1.807, 2.05) is 32.2 Å². The van der Waals surface area contributed by atoms with Gasteiger partial charge in [0.1, 0.15) is 6.61 Å². The van der Waals surface area contributed by atoms with Crippen LogP contribution >= 0.6 is 35.5 Å². The maximum atomic E-state index is 5.93. The minimum absolute atomic E-state index is 0. The van der Waals surface area contributed by atoms with Crippen molar-refractivity contribution in [1.29, 1.82) is 0 Å². The number of ether oxygens (including phenoxy) is 2. The van der Waals surface area contributed by atoms with E-state index >= 15 is 0 Å². The van der Waals surface area contributed by atoms with Crippen LogP contribution in [0.15, 0.2) is 40.9 Å². The van der Waals surface area contributed by atoms with E-state index in [1.54, 1.807) is 27.8 Å². The molecule has 2 aromatic heterocycles. The van der Waals surface area contributed by atoms with Crippen molar-refractivity contribution in [3.63, 3.8) is 0 Å². The summed E-state index contributed by atoms with van der Waals surface area (Å²) in [5.41, 5.74) is 1.16. The maximum absolute atomic E-state index is 5.93. The lowest BCUT2D eigenvalue weighted by Gasteiger charge is -2.13. The number of rotatable bonds is 11. The van der Waals surface area contributed by atoms with Crippen LogP contribution in [0.2, 0.25) is 0 Å². The third-order valence-electron chi connectivity index (χ3n) is 3.68. The molecule has 3 rings (SSSR count). The Kier molecular flexibility index (Phi) is 9.56. The van der Waals surface area contributed by atoms with E-state index in [4.69, 9.17) is 9.47 Å². The number of halogens is 1. The fourth-order valence-electron chi connectivity index (χ4n) is 2.38. The Balaban J connectivity index is 0.00000280. The minimum Gasteiger partial charge on any atom is -0.490 e. The van der Waals surface area contributed by atoms with Crippen molar-refractivity contribution in [2.24, 2.45) is 7.05 Å². The van der Waals surface area contributed by atoms with Crippen LogP contribution < -0.4 is 14.8 Å². The molecule has 0 atom stereocenters. The van der Waals surface area contributed by atoms with Crippen molar-refractivity contribution in [2.45, 2.75) is 25.2 Å². The van der Waals surface area contributed by atoms with Gasteiger partial charge in [-0.2, -0.15) is 0 Å². The van der Waals surface area contributed by atoms with Gasteiger partial charge in [0, 0.05) is 30.8 Å². The van der Waals surface area contributed by atoms with Crippen LogP contribution in [0.5, 0.6) is 11.5 Å². The lowest BCUT2D eigenvalue weighted by molar-refractivity contribution is 0.271. The number of aromatic nitrogens is 4. The first-order chi connectivity index (χ1) is 13.3. The van der Waals surface area contributed by atoms with Crippen molar-refractivity contribution in [3.8, 4) is 11.5 Å². The van der Waals surface area contributed by atoms with Gasteiger partial charge in [-0.1, -0.05) is 23.9 Å². The molecule has 0 saturated carbocycles. The highest BCUT2D eigenvalue weighted by Crippen LogP contribution is 2.29. The van der Waals surface area contributed by atoms with Crippen LogP contribution in [-0.2, 0) is 20.2 Å². The third kappa shape index (κ3) is 6.66. The van der Waals surface area contributed by atoms with Gasteiger partial charge in [-0.05, 0) is 46.5 Å². The fourth-order valence-corrected chi connectivity index (χ4v) is 3.75. The molecule has 1 N–H and O–H groups in total. The molecule has 10 heteroatoms. The number of nitrogens with zero attached hydrogens (tertiary/aromatic N) is 4. The molecule has 2 heterocycles. The number of aryl methyl sites for hydroxylation is 1. The standard InChI is InChI=1S/C18H23N5O2S2.ClH/c1-3-24-17-11-14(6-7-16(17)25-13-15-5-4-9-26-15)12-19-8-10-27-18-20-21-22-23(18)2;/h4-7,9,11,19H,3,8,10,12-13H2,1-2H3;1H. The van der Waals surface area contributed by atoms with Gasteiger partial charge in [-0.3, -0.25) is 0 Å². The number of nitrogens with one attached hydrogen (secondary N) is 1. The molecular formula is C18H24ClN5O2S2. The summed E-state index contributed by atoms with van der Waals surface area (Å²) in [4.78, 5) is 1.19. The van der Waals surface area contributed by atoms with Gasteiger partial charge in [-0.15, -0.1) is 28.8 Å². The Bertz CT molecular complexity index is 829. The molecule has 0 bridgehead atoms. The van der Waals surface area contributed by atoms with Gasteiger partial charge in [0.25, 0.3) is 0 Å². The fraction of sp³-hybridized carbons (Fsp3) is 0.389. The average molecular weight is 442 g/mol. The van der Waals surface area contributed by atoms with E-state index in [0.29, 0.717) is 13.2 Å². The highest BCUT2D eigenvalue weighted by molar-refractivity contribution is 7.99. The first-order valence-electron chi connectivity index (χ1n) is 8.73. The van der Waals surface area contributed by atoms with Crippen LogP contribution in [0, 0.1) is 0 Å². The number of hydrogen-bond acceptors (Lipinski definition) is 8. The summed E-state index contributed by atoms with van der Waals surface area (Å²) in [5.74, 6) is 2.46. The number of benzene rings is 1. The lowest BCUT2D eigenvalue weighted by Crippen LogP contribution is -2.17. The number of thioether (sulfide) groups is 1. The molecule has 0 fully saturated rings. The monoisotopic (exact) mass is 441 g/mol. The van der Waals surface area contributed by atoms with Gasteiger partial charge in [-0.25, -0.2) is 4.68 Å². The van der Waals surface area contributed by atoms with Gasteiger partial charge >= 0.3 is 0 Å². The largest absolute Gasteiger partial charge is 0.490 e. The second kappa shape index (κ2) is 11.9. The third-order valence-corrected chi connectivity index (χ3v) is 5.54. The number of hydrogen-bond donors (Lipinski definition) is 1. The first-order valence-corrected chi connectivity index (χ1v) is 10.6. The first kappa shape index (κ1) is 22.5. The van der Waals surface area contributed by atoms with Crippen molar-refractivity contribution in [3.05, 3.63) is 46.2 Å². The molecule has 7 nitrogen and oxygen atoms in total. The summed E-state index contributed by atoms with van der Waals surface area (Å²) >= 11 is 3.32. The molecule has 0 spiro atoms. The van der Waals surface area contributed by atoms with Gasteiger partial charge < -0.3 is 14.8 Å². The van der Waals surface area contributed by atoms with Crippen LogP contribution in [-0.4, -0.2) is 39.1 Å². The van der Waals surface area contributed by atoms with E-state index in [2.05, 4.69) is 38.4 Å². The zero-order valence-corrected chi connectivity index (χ0v) is 18.3. The summed E-state index contributed by atoms with van der Waals surface area (Å²) < 4.78 is 13.4. The SMILES string of the molecule is CCOc1cc(CNCCSc2nnnn2C)ccc1OCc1cccs1.Cl. The van der Waals surface area contributed by atoms with Gasteiger partial charge in [0.05, 0.1) is 6.61 Å². The number of thiophene rings is 1. The minimum atomic E-state index is 0. The molecule has 3 aromatic rings. The van der Waals surface area contributed by atoms with Crippen LogP contribution in [0.25, 0.3) is 0 Å². The molecule has 1 aromatic carbocycles. The Labute approximate surface area is 179 Å².